The summed E-state index contributed by atoms with van der Waals surface area (Å²) in [6.45, 7) is 8.31. The molecule has 1 amide bonds. The molecular formula is C11H19N3O. The molecule has 1 heterocycles. The Labute approximate surface area is 90.9 Å². The number of nitrogens with zero attached hydrogens (tertiary/aromatic N) is 3. The Morgan fingerprint density at radius 1 is 1.53 bits per heavy atom. The summed E-state index contributed by atoms with van der Waals surface area (Å²) < 4.78 is 1.89. The fraction of sp³-hybridized carbons (Fsp3) is 0.636. The molecule has 0 N–H and O–H groups in total. The van der Waals surface area contributed by atoms with Crippen LogP contribution in [0.15, 0.2) is 6.33 Å². The smallest absolute Gasteiger partial charge is 0.242 e. The van der Waals surface area contributed by atoms with E-state index in [1.807, 2.05) is 39.3 Å². The van der Waals surface area contributed by atoms with E-state index in [1.165, 1.54) is 0 Å². The lowest BCUT2D eigenvalue weighted by atomic mass is 10.3. The van der Waals surface area contributed by atoms with Gasteiger partial charge < -0.3 is 9.47 Å². The highest BCUT2D eigenvalue weighted by Crippen LogP contribution is 2.05. The summed E-state index contributed by atoms with van der Waals surface area (Å²) in [5.74, 6) is 0.116. The van der Waals surface area contributed by atoms with Crippen molar-refractivity contribution in [2.24, 2.45) is 0 Å². The quantitative estimate of drug-likeness (QED) is 0.754. The van der Waals surface area contributed by atoms with Crippen molar-refractivity contribution in [1.82, 2.24) is 14.5 Å². The van der Waals surface area contributed by atoms with E-state index in [0.717, 1.165) is 11.4 Å². The highest BCUT2D eigenvalue weighted by molar-refractivity contribution is 5.76. The number of carbonyl (C=O) groups is 1. The van der Waals surface area contributed by atoms with Crippen molar-refractivity contribution in [3.63, 3.8) is 0 Å². The second kappa shape index (κ2) is 4.47. The number of aromatic nitrogens is 2. The predicted molar refractivity (Wildman–Crippen MR) is 59.6 cm³/mol. The van der Waals surface area contributed by atoms with Gasteiger partial charge in [0.25, 0.3) is 0 Å². The fourth-order valence-corrected chi connectivity index (χ4v) is 1.25. The SMILES string of the molecule is Cc1ncn(CC(=O)N(C)C(C)C)c1C. The van der Waals surface area contributed by atoms with Crippen molar-refractivity contribution in [2.45, 2.75) is 40.3 Å². The molecular weight excluding hydrogens is 190 g/mol. The Morgan fingerprint density at radius 3 is 2.53 bits per heavy atom. The molecule has 0 aliphatic heterocycles. The van der Waals surface area contributed by atoms with Crippen molar-refractivity contribution >= 4 is 5.91 Å². The summed E-state index contributed by atoms with van der Waals surface area (Å²) in [6, 6.07) is 0.238. The van der Waals surface area contributed by atoms with Gasteiger partial charge in [-0.05, 0) is 27.7 Å². The number of likely N-dealkylation sites (N-methyl/N-ethyl adjacent to an activating group) is 1. The summed E-state index contributed by atoms with van der Waals surface area (Å²) in [6.07, 6.45) is 1.72. The zero-order chi connectivity index (χ0) is 11.6. The molecule has 84 valence electrons. The third-order valence-electron chi connectivity index (χ3n) is 2.82. The average Bonchev–Trinajstić information content (AvgIpc) is 2.48. The zero-order valence-corrected chi connectivity index (χ0v) is 10.1. The summed E-state index contributed by atoms with van der Waals surface area (Å²) in [5.41, 5.74) is 2.04. The van der Waals surface area contributed by atoms with Gasteiger partial charge in [-0.3, -0.25) is 4.79 Å². The summed E-state index contributed by atoms with van der Waals surface area (Å²) >= 11 is 0. The van der Waals surface area contributed by atoms with Crippen LogP contribution >= 0.6 is 0 Å². The molecule has 0 saturated carbocycles. The first-order chi connectivity index (χ1) is 6.93. The molecule has 0 unspecified atom stereocenters. The standard InChI is InChI=1S/C11H19N3O/c1-8(2)13(5)11(15)6-14-7-12-9(3)10(14)4/h7-8H,6H2,1-5H3. The van der Waals surface area contributed by atoms with Crippen LogP contribution in [0.25, 0.3) is 0 Å². The molecule has 0 aromatic carbocycles. The molecule has 1 aromatic heterocycles. The van der Waals surface area contributed by atoms with Gasteiger partial charge in [0.05, 0.1) is 12.0 Å². The molecule has 4 nitrogen and oxygen atoms in total. The molecule has 4 heteroatoms. The van der Waals surface area contributed by atoms with Gasteiger partial charge in [0.15, 0.2) is 0 Å². The van der Waals surface area contributed by atoms with E-state index in [4.69, 9.17) is 0 Å². The van der Waals surface area contributed by atoms with Crippen LogP contribution in [0.2, 0.25) is 0 Å². The predicted octanol–water partition coefficient (Wildman–Crippen LogP) is 1.37. The van der Waals surface area contributed by atoms with Crippen LogP contribution in [0, 0.1) is 13.8 Å². The van der Waals surface area contributed by atoms with E-state index >= 15 is 0 Å². The Balaban J connectivity index is 2.71. The third-order valence-corrected chi connectivity index (χ3v) is 2.82. The lowest BCUT2D eigenvalue weighted by molar-refractivity contribution is -0.132. The van der Waals surface area contributed by atoms with E-state index in [2.05, 4.69) is 4.98 Å². The van der Waals surface area contributed by atoms with Gasteiger partial charge in [0, 0.05) is 18.8 Å². The Morgan fingerprint density at radius 2 is 2.13 bits per heavy atom. The maximum atomic E-state index is 11.8. The maximum absolute atomic E-state index is 11.8. The molecule has 0 aliphatic rings. The first kappa shape index (κ1) is 11.8. The minimum absolute atomic E-state index is 0.116. The van der Waals surface area contributed by atoms with E-state index < -0.39 is 0 Å². The fourth-order valence-electron chi connectivity index (χ4n) is 1.25. The van der Waals surface area contributed by atoms with Gasteiger partial charge >= 0.3 is 0 Å². The number of carbonyl (C=O) groups excluding carboxylic acids is 1. The molecule has 15 heavy (non-hydrogen) atoms. The van der Waals surface area contributed by atoms with E-state index in [0.29, 0.717) is 6.54 Å². The highest BCUT2D eigenvalue weighted by atomic mass is 16.2. The second-order valence-electron chi connectivity index (χ2n) is 4.14. The van der Waals surface area contributed by atoms with Gasteiger partial charge in [-0.2, -0.15) is 0 Å². The molecule has 0 bridgehead atoms. The van der Waals surface area contributed by atoms with Crippen LogP contribution in [0.1, 0.15) is 25.2 Å². The van der Waals surface area contributed by atoms with Crippen molar-refractivity contribution < 1.29 is 4.79 Å². The van der Waals surface area contributed by atoms with Crippen molar-refractivity contribution in [2.75, 3.05) is 7.05 Å². The largest absolute Gasteiger partial charge is 0.342 e. The minimum Gasteiger partial charge on any atom is -0.342 e. The van der Waals surface area contributed by atoms with Gasteiger partial charge in [-0.15, -0.1) is 0 Å². The van der Waals surface area contributed by atoms with E-state index in [-0.39, 0.29) is 11.9 Å². The lowest BCUT2D eigenvalue weighted by Crippen LogP contribution is -2.35. The molecule has 0 atom stereocenters. The van der Waals surface area contributed by atoms with Gasteiger partial charge in [-0.25, -0.2) is 4.98 Å². The maximum Gasteiger partial charge on any atom is 0.242 e. The number of aryl methyl sites for hydroxylation is 1. The second-order valence-corrected chi connectivity index (χ2v) is 4.14. The van der Waals surface area contributed by atoms with Crippen LogP contribution in [-0.4, -0.2) is 33.4 Å². The average molecular weight is 209 g/mol. The normalized spacial score (nSPS) is 10.8. The minimum atomic E-state index is 0.116. The highest BCUT2D eigenvalue weighted by Gasteiger charge is 2.13. The molecule has 0 radical (unpaired) electrons. The topological polar surface area (TPSA) is 38.1 Å². The number of imidazole rings is 1. The zero-order valence-electron chi connectivity index (χ0n) is 10.1. The monoisotopic (exact) mass is 209 g/mol. The molecule has 0 saturated heterocycles. The lowest BCUT2D eigenvalue weighted by Gasteiger charge is -2.21. The van der Waals surface area contributed by atoms with Crippen LogP contribution in [-0.2, 0) is 11.3 Å². The van der Waals surface area contributed by atoms with Gasteiger partial charge in [0.2, 0.25) is 5.91 Å². The van der Waals surface area contributed by atoms with Crippen LogP contribution in [0.5, 0.6) is 0 Å². The van der Waals surface area contributed by atoms with Gasteiger partial charge in [-0.1, -0.05) is 0 Å². The molecule has 0 spiro atoms. The summed E-state index contributed by atoms with van der Waals surface area (Å²) in [5, 5.41) is 0. The van der Waals surface area contributed by atoms with E-state index in [1.54, 1.807) is 11.2 Å². The van der Waals surface area contributed by atoms with Crippen LogP contribution in [0.4, 0.5) is 0 Å². The van der Waals surface area contributed by atoms with Crippen molar-refractivity contribution in [1.29, 1.82) is 0 Å². The number of rotatable bonds is 3. The first-order valence-corrected chi connectivity index (χ1v) is 5.17. The first-order valence-electron chi connectivity index (χ1n) is 5.17. The Hall–Kier alpha value is -1.32. The molecule has 1 rings (SSSR count). The van der Waals surface area contributed by atoms with Crippen LogP contribution < -0.4 is 0 Å². The number of hydrogen-bond donors (Lipinski definition) is 0. The Bertz CT molecular complexity index is 355. The molecule has 0 aliphatic carbocycles. The Kier molecular flexibility index (Phi) is 3.50. The molecule has 0 fully saturated rings. The van der Waals surface area contributed by atoms with Gasteiger partial charge in [0.1, 0.15) is 6.54 Å². The summed E-state index contributed by atoms with van der Waals surface area (Å²) in [7, 11) is 1.83. The molecule has 1 aromatic rings. The van der Waals surface area contributed by atoms with Crippen LogP contribution in [0.3, 0.4) is 0 Å². The number of amides is 1. The van der Waals surface area contributed by atoms with E-state index in [9.17, 15) is 4.79 Å². The van der Waals surface area contributed by atoms with Crippen molar-refractivity contribution in [3.05, 3.63) is 17.7 Å². The number of hydrogen-bond acceptors (Lipinski definition) is 2. The van der Waals surface area contributed by atoms with Crippen molar-refractivity contribution in [3.8, 4) is 0 Å². The third kappa shape index (κ3) is 2.58. The summed E-state index contributed by atoms with van der Waals surface area (Å²) in [4.78, 5) is 17.7.